The second-order valence-corrected chi connectivity index (χ2v) is 10.4. The minimum absolute atomic E-state index is 0.0518. The Morgan fingerprint density at radius 1 is 1.00 bits per heavy atom. The zero-order valence-corrected chi connectivity index (χ0v) is 22.9. The number of aryl methyl sites for hydroxylation is 1. The highest BCUT2D eigenvalue weighted by atomic mass is 16.5. The molecule has 0 radical (unpaired) electrons. The van der Waals surface area contributed by atoms with Gasteiger partial charge < -0.3 is 19.9 Å². The van der Waals surface area contributed by atoms with Gasteiger partial charge in [-0.2, -0.15) is 0 Å². The fourth-order valence-electron chi connectivity index (χ4n) is 5.29. The Labute approximate surface area is 227 Å². The average Bonchev–Trinajstić information content (AvgIpc) is 2.96. The quantitative estimate of drug-likeness (QED) is 0.491. The Morgan fingerprint density at radius 3 is 2.42 bits per heavy atom. The van der Waals surface area contributed by atoms with Gasteiger partial charge in [-0.05, 0) is 38.0 Å². The fourth-order valence-corrected chi connectivity index (χ4v) is 5.29. The maximum atomic E-state index is 13.5. The summed E-state index contributed by atoms with van der Waals surface area (Å²) < 4.78 is 5.46. The standard InChI is InChI=1S/C31H42N4O3/c1-25-14-16-28(17-15-25)32-31(37)35-23-20-33(21-24-35)19-22-34(30(36)27-10-4-3-5-11-27)18-8-12-26-9-6-7-13-29(26)38-2/h6-9,12-17,27H,3-5,10-11,18-24H2,1-2H3,(H,32,37)/b12-8+. The van der Waals surface area contributed by atoms with Crippen LogP contribution >= 0.6 is 0 Å². The first kappa shape index (κ1) is 27.7. The van der Waals surface area contributed by atoms with Crippen molar-refractivity contribution < 1.29 is 14.3 Å². The molecule has 1 aliphatic heterocycles. The predicted octanol–water partition coefficient (Wildman–Crippen LogP) is 5.28. The number of carbonyl (C=O) groups is 2. The Kier molecular flexibility index (Phi) is 10.2. The fraction of sp³-hybridized carbons (Fsp3) is 0.484. The first-order valence-electron chi connectivity index (χ1n) is 14.0. The monoisotopic (exact) mass is 518 g/mol. The Hall–Kier alpha value is -3.32. The molecule has 3 amide bonds. The second-order valence-electron chi connectivity index (χ2n) is 10.4. The molecule has 1 heterocycles. The second kappa shape index (κ2) is 14.0. The van der Waals surface area contributed by atoms with Crippen molar-refractivity contribution in [3.8, 4) is 5.75 Å². The van der Waals surface area contributed by atoms with Gasteiger partial charge in [0.1, 0.15) is 5.75 Å². The van der Waals surface area contributed by atoms with Crippen LogP contribution in [0.3, 0.4) is 0 Å². The number of urea groups is 1. The predicted molar refractivity (Wildman–Crippen MR) is 153 cm³/mol. The summed E-state index contributed by atoms with van der Waals surface area (Å²) in [6.07, 6.45) is 9.65. The van der Waals surface area contributed by atoms with Gasteiger partial charge in [-0.25, -0.2) is 4.79 Å². The number of carbonyl (C=O) groups excluding carboxylic acids is 2. The van der Waals surface area contributed by atoms with Gasteiger partial charge in [0.2, 0.25) is 5.91 Å². The lowest BCUT2D eigenvalue weighted by atomic mass is 9.88. The summed E-state index contributed by atoms with van der Waals surface area (Å²) >= 11 is 0. The third kappa shape index (κ3) is 7.84. The number of methoxy groups -OCH3 is 1. The summed E-state index contributed by atoms with van der Waals surface area (Å²) in [4.78, 5) is 32.4. The topological polar surface area (TPSA) is 65.1 Å². The highest BCUT2D eigenvalue weighted by molar-refractivity contribution is 5.89. The van der Waals surface area contributed by atoms with Crippen molar-refractivity contribution in [1.29, 1.82) is 0 Å². The van der Waals surface area contributed by atoms with Crippen molar-refractivity contribution in [2.45, 2.75) is 39.0 Å². The number of piperazine rings is 1. The molecule has 1 aliphatic carbocycles. The largest absolute Gasteiger partial charge is 0.496 e. The van der Waals surface area contributed by atoms with Gasteiger partial charge in [-0.1, -0.05) is 67.3 Å². The van der Waals surface area contributed by atoms with Gasteiger partial charge in [0, 0.05) is 63.0 Å². The van der Waals surface area contributed by atoms with Crippen LogP contribution in [0.15, 0.2) is 54.6 Å². The molecule has 204 valence electrons. The lowest BCUT2D eigenvalue weighted by molar-refractivity contribution is -0.136. The van der Waals surface area contributed by atoms with Crippen molar-refractivity contribution in [2.24, 2.45) is 5.92 Å². The van der Waals surface area contributed by atoms with Crippen LogP contribution in [0.5, 0.6) is 5.75 Å². The number of hydrogen-bond acceptors (Lipinski definition) is 4. The molecule has 2 aromatic carbocycles. The first-order chi connectivity index (χ1) is 18.5. The molecule has 7 nitrogen and oxygen atoms in total. The van der Waals surface area contributed by atoms with Crippen molar-refractivity contribution >= 4 is 23.7 Å². The Balaban J connectivity index is 1.30. The summed E-state index contributed by atoms with van der Waals surface area (Å²) in [6, 6.07) is 15.7. The van der Waals surface area contributed by atoms with Crippen molar-refractivity contribution in [1.82, 2.24) is 14.7 Å². The molecule has 2 aliphatic rings. The molecule has 0 atom stereocenters. The smallest absolute Gasteiger partial charge is 0.321 e. The lowest BCUT2D eigenvalue weighted by Gasteiger charge is -2.36. The molecule has 0 bridgehead atoms. The molecular formula is C31H42N4O3. The Bertz CT molecular complexity index is 1070. The van der Waals surface area contributed by atoms with Crippen LogP contribution in [0.1, 0.15) is 43.2 Å². The third-order valence-corrected chi connectivity index (χ3v) is 7.68. The summed E-state index contributed by atoms with van der Waals surface area (Å²) in [5.74, 6) is 1.26. The van der Waals surface area contributed by atoms with E-state index in [1.54, 1.807) is 7.11 Å². The summed E-state index contributed by atoms with van der Waals surface area (Å²) in [5, 5.41) is 3.00. The molecule has 4 rings (SSSR count). The molecule has 7 heteroatoms. The van der Waals surface area contributed by atoms with Crippen molar-refractivity contribution in [3.05, 3.63) is 65.7 Å². The van der Waals surface area contributed by atoms with E-state index in [1.165, 1.54) is 12.0 Å². The highest BCUT2D eigenvalue weighted by Gasteiger charge is 2.27. The van der Waals surface area contributed by atoms with E-state index in [2.05, 4.69) is 16.3 Å². The number of amides is 3. The number of ether oxygens (including phenoxy) is 1. The molecular weight excluding hydrogens is 476 g/mol. The van der Waals surface area contributed by atoms with E-state index in [0.29, 0.717) is 26.2 Å². The van der Waals surface area contributed by atoms with Crippen LogP contribution in [0.25, 0.3) is 6.08 Å². The molecule has 1 saturated heterocycles. The maximum absolute atomic E-state index is 13.5. The van der Waals surface area contributed by atoms with E-state index in [-0.39, 0.29) is 17.9 Å². The molecule has 0 spiro atoms. The minimum atomic E-state index is -0.0518. The van der Waals surface area contributed by atoms with Crippen LogP contribution in [0, 0.1) is 12.8 Å². The number of benzene rings is 2. The molecule has 0 aromatic heterocycles. The van der Waals surface area contributed by atoms with Gasteiger partial charge in [0.05, 0.1) is 7.11 Å². The molecule has 1 N–H and O–H groups in total. The maximum Gasteiger partial charge on any atom is 0.321 e. The molecule has 2 aromatic rings. The van der Waals surface area contributed by atoms with Gasteiger partial charge in [0.15, 0.2) is 0 Å². The number of rotatable bonds is 9. The van der Waals surface area contributed by atoms with E-state index in [0.717, 1.165) is 62.3 Å². The van der Waals surface area contributed by atoms with E-state index < -0.39 is 0 Å². The zero-order valence-electron chi connectivity index (χ0n) is 22.9. The van der Waals surface area contributed by atoms with Crippen LogP contribution in [-0.4, -0.2) is 79.6 Å². The van der Waals surface area contributed by atoms with E-state index in [1.807, 2.05) is 71.3 Å². The van der Waals surface area contributed by atoms with Crippen LogP contribution in [-0.2, 0) is 4.79 Å². The number of nitrogens with one attached hydrogen (secondary N) is 1. The van der Waals surface area contributed by atoms with E-state index in [4.69, 9.17) is 4.74 Å². The number of para-hydroxylation sites is 1. The van der Waals surface area contributed by atoms with Gasteiger partial charge in [-0.3, -0.25) is 9.69 Å². The number of nitrogens with zero attached hydrogens (tertiary/aromatic N) is 3. The van der Waals surface area contributed by atoms with E-state index >= 15 is 0 Å². The van der Waals surface area contributed by atoms with E-state index in [9.17, 15) is 9.59 Å². The SMILES string of the molecule is COc1ccccc1/C=C/CN(CCN1CCN(C(=O)Nc2ccc(C)cc2)CC1)C(=O)C1CCCCC1. The Morgan fingerprint density at radius 2 is 1.71 bits per heavy atom. The number of hydrogen-bond donors (Lipinski definition) is 1. The van der Waals surface area contributed by atoms with Crippen LogP contribution in [0.4, 0.5) is 10.5 Å². The van der Waals surface area contributed by atoms with Crippen LogP contribution in [0.2, 0.25) is 0 Å². The van der Waals surface area contributed by atoms with Crippen LogP contribution < -0.4 is 10.1 Å². The average molecular weight is 519 g/mol. The van der Waals surface area contributed by atoms with Gasteiger partial charge >= 0.3 is 6.03 Å². The molecule has 38 heavy (non-hydrogen) atoms. The third-order valence-electron chi connectivity index (χ3n) is 7.68. The van der Waals surface area contributed by atoms with Crippen molar-refractivity contribution in [2.75, 3.05) is 58.2 Å². The van der Waals surface area contributed by atoms with Gasteiger partial charge in [0.25, 0.3) is 0 Å². The lowest BCUT2D eigenvalue weighted by Crippen LogP contribution is -2.52. The zero-order chi connectivity index (χ0) is 26.7. The minimum Gasteiger partial charge on any atom is -0.496 e. The molecule has 0 unspecified atom stereocenters. The summed E-state index contributed by atoms with van der Waals surface area (Å²) in [6.45, 7) is 7.12. The first-order valence-corrected chi connectivity index (χ1v) is 14.0. The highest BCUT2D eigenvalue weighted by Crippen LogP contribution is 2.26. The van der Waals surface area contributed by atoms with Gasteiger partial charge in [-0.15, -0.1) is 0 Å². The summed E-state index contributed by atoms with van der Waals surface area (Å²) in [5.41, 5.74) is 3.00. The molecule has 2 fully saturated rings. The number of anilines is 1. The van der Waals surface area contributed by atoms with Crippen molar-refractivity contribution in [3.63, 3.8) is 0 Å². The summed E-state index contributed by atoms with van der Waals surface area (Å²) in [7, 11) is 1.68. The molecule has 1 saturated carbocycles. The normalized spacial score (nSPS) is 16.9.